The summed E-state index contributed by atoms with van der Waals surface area (Å²) in [5, 5.41) is 15.7. The van der Waals surface area contributed by atoms with E-state index in [2.05, 4.69) is 41.6 Å². The standard InChI is InChI=1S/C19H19NOS.HNO3/c1-20-9-6-13(7-10-20)18-15-5-3-2-4-14(15)12-17(21)19-16(18)8-11-22-19;2-1(3)4/h2-5,8,11H,6-7,9-10,12H2,1H3;(H,2,3,4). The van der Waals surface area contributed by atoms with Crippen LogP contribution in [0.15, 0.2) is 41.3 Å². The van der Waals surface area contributed by atoms with Gasteiger partial charge in [0, 0.05) is 25.1 Å². The minimum absolute atomic E-state index is 0.265. The molecule has 0 saturated carbocycles. The smallest absolute Gasteiger partial charge is 0.291 e. The van der Waals surface area contributed by atoms with Crippen LogP contribution < -0.4 is 0 Å². The zero-order valence-electron chi connectivity index (χ0n) is 14.5. The van der Waals surface area contributed by atoms with Crippen LogP contribution in [0.25, 0.3) is 5.57 Å². The van der Waals surface area contributed by atoms with Crippen LogP contribution in [-0.4, -0.2) is 41.1 Å². The van der Waals surface area contributed by atoms with Gasteiger partial charge in [-0.15, -0.1) is 21.5 Å². The fourth-order valence-corrected chi connectivity index (χ4v) is 4.40. The molecular weight excluding hydrogens is 352 g/mol. The lowest BCUT2D eigenvalue weighted by atomic mass is 9.88. The number of thiophene rings is 1. The lowest BCUT2D eigenvalue weighted by molar-refractivity contribution is -0.742. The highest BCUT2D eigenvalue weighted by molar-refractivity contribution is 7.12. The molecule has 1 fully saturated rings. The van der Waals surface area contributed by atoms with E-state index in [1.807, 2.05) is 6.07 Å². The predicted octanol–water partition coefficient (Wildman–Crippen LogP) is 3.67. The second-order valence-corrected chi connectivity index (χ2v) is 7.36. The van der Waals surface area contributed by atoms with Gasteiger partial charge in [0.25, 0.3) is 5.09 Å². The van der Waals surface area contributed by atoms with Gasteiger partial charge >= 0.3 is 0 Å². The Morgan fingerprint density at radius 2 is 1.81 bits per heavy atom. The summed E-state index contributed by atoms with van der Waals surface area (Å²) in [6.07, 6.45) is 2.73. The molecule has 2 aliphatic rings. The molecule has 0 atom stereocenters. The van der Waals surface area contributed by atoms with Crippen LogP contribution in [0.5, 0.6) is 0 Å². The van der Waals surface area contributed by atoms with Crippen molar-refractivity contribution in [3.8, 4) is 0 Å². The molecule has 6 nitrogen and oxygen atoms in total. The van der Waals surface area contributed by atoms with Crippen LogP contribution in [0.4, 0.5) is 0 Å². The fourth-order valence-electron chi connectivity index (χ4n) is 3.56. The van der Waals surface area contributed by atoms with Crippen molar-refractivity contribution in [2.24, 2.45) is 0 Å². The van der Waals surface area contributed by atoms with Crippen molar-refractivity contribution in [1.82, 2.24) is 4.90 Å². The van der Waals surface area contributed by atoms with Crippen LogP contribution in [-0.2, 0) is 6.42 Å². The first-order valence-electron chi connectivity index (χ1n) is 8.40. The molecule has 1 aromatic heterocycles. The van der Waals surface area contributed by atoms with Crippen molar-refractivity contribution >= 4 is 22.7 Å². The lowest BCUT2D eigenvalue weighted by Gasteiger charge is -2.27. The predicted molar refractivity (Wildman–Crippen MR) is 100 cm³/mol. The van der Waals surface area contributed by atoms with E-state index in [0.29, 0.717) is 6.42 Å². The Labute approximate surface area is 155 Å². The van der Waals surface area contributed by atoms with Gasteiger partial charge in [0.2, 0.25) is 0 Å². The lowest BCUT2D eigenvalue weighted by Crippen LogP contribution is -2.27. The van der Waals surface area contributed by atoms with Crippen LogP contribution >= 0.6 is 11.3 Å². The summed E-state index contributed by atoms with van der Waals surface area (Å²) < 4.78 is 0. The van der Waals surface area contributed by atoms with Gasteiger partial charge < -0.3 is 10.1 Å². The average molecular weight is 372 g/mol. The van der Waals surface area contributed by atoms with E-state index < -0.39 is 5.09 Å². The van der Waals surface area contributed by atoms with Gasteiger partial charge in [0.1, 0.15) is 0 Å². The van der Waals surface area contributed by atoms with Gasteiger partial charge in [0.15, 0.2) is 5.78 Å². The first kappa shape index (κ1) is 18.3. The Bertz CT molecular complexity index is 858. The number of piperidine rings is 1. The maximum atomic E-state index is 12.6. The van der Waals surface area contributed by atoms with Crippen LogP contribution in [0.3, 0.4) is 0 Å². The molecule has 1 saturated heterocycles. The number of hydrogen-bond acceptors (Lipinski definition) is 5. The number of likely N-dealkylation sites (tertiary alicyclic amines) is 1. The molecule has 1 aromatic carbocycles. The van der Waals surface area contributed by atoms with Gasteiger partial charge in [-0.25, -0.2) is 0 Å². The van der Waals surface area contributed by atoms with Crippen LogP contribution in [0.1, 0.15) is 39.2 Å². The molecule has 26 heavy (non-hydrogen) atoms. The number of fused-ring (bicyclic) bond motifs is 2. The van der Waals surface area contributed by atoms with Crippen molar-refractivity contribution in [3.63, 3.8) is 0 Å². The molecule has 0 unspecified atom stereocenters. The van der Waals surface area contributed by atoms with Crippen LogP contribution in [0.2, 0.25) is 0 Å². The van der Waals surface area contributed by atoms with Crippen molar-refractivity contribution in [2.75, 3.05) is 20.1 Å². The van der Waals surface area contributed by atoms with E-state index in [1.165, 1.54) is 27.8 Å². The van der Waals surface area contributed by atoms with Crippen molar-refractivity contribution in [3.05, 3.63) is 73.0 Å². The summed E-state index contributed by atoms with van der Waals surface area (Å²) in [5.41, 5.74) is 6.47. The highest BCUT2D eigenvalue weighted by atomic mass is 32.1. The van der Waals surface area contributed by atoms with E-state index in [9.17, 15) is 4.79 Å². The van der Waals surface area contributed by atoms with E-state index in [0.717, 1.165) is 30.8 Å². The van der Waals surface area contributed by atoms with Gasteiger partial charge in [0.05, 0.1) is 4.88 Å². The number of hydrogen-bond donors (Lipinski definition) is 1. The number of ketones is 1. The molecular formula is C19H20N2O4S. The molecule has 7 heteroatoms. The SMILES string of the molecule is CN1CCC(=C2c3ccccc3CC(=O)c3sccc32)CC1.O=[N+]([O-])O. The molecule has 2 heterocycles. The largest absolute Gasteiger partial charge is 0.328 e. The molecule has 1 N–H and O–H groups in total. The summed E-state index contributed by atoms with van der Waals surface area (Å²) >= 11 is 1.59. The number of carbonyl (C=O) groups is 1. The monoisotopic (exact) mass is 372 g/mol. The minimum Gasteiger partial charge on any atom is -0.328 e. The Hall–Kier alpha value is -2.51. The van der Waals surface area contributed by atoms with Gasteiger partial charge in [-0.1, -0.05) is 29.8 Å². The maximum Gasteiger partial charge on any atom is 0.291 e. The second-order valence-electron chi connectivity index (χ2n) is 6.44. The Balaban J connectivity index is 0.000000447. The van der Waals surface area contributed by atoms with Gasteiger partial charge in [-0.05, 0) is 48.0 Å². The third-order valence-electron chi connectivity index (χ3n) is 4.77. The molecule has 2 aromatic rings. The Morgan fingerprint density at radius 1 is 1.15 bits per heavy atom. The molecule has 136 valence electrons. The zero-order valence-corrected chi connectivity index (χ0v) is 15.3. The molecule has 1 aliphatic carbocycles. The van der Waals surface area contributed by atoms with E-state index in [1.54, 1.807) is 11.3 Å². The zero-order chi connectivity index (χ0) is 18.7. The molecule has 4 rings (SSSR count). The number of benzene rings is 1. The number of carbonyl (C=O) groups excluding carboxylic acids is 1. The molecule has 1 aliphatic heterocycles. The van der Waals surface area contributed by atoms with E-state index in [-0.39, 0.29) is 5.78 Å². The Morgan fingerprint density at radius 3 is 2.50 bits per heavy atom. The highest BCUT2D eigenvalue weighted by Gasteiger charge is 2.27. The first-order chi connectivity index (χ1) is 12.5. The van der Waals surface area contributed by atoms with Crippen molar-refractivity contribution in [2.45, 2.75) is 19.3 Å². The second kappa shape index (κ2) is 7.80. The van der Waals surface area contributed by atoms with E-state index in [4.69, 9.17) is 15.3 Å². The first-order valence-corrected chi connectivity index (χ1v) is 9.28. The summed E-state index contributed by atoms with van der Waals surface area (Å²) in [6.45, 7) is 2.21. The quantitative estimate of drug-likeness (QED) is 0.563. The van der Waals surface area contributed by atoms with Gasteiger partial charge in [-0.2, -0.15) is 0 Å². The summed E-state index contributed by atoms with van der Waals surface area (Å²) in [7, 11) is 2.18. The Kier molecular flexibility index (Phi) is 5.49. The number of Topliss-reactive ketones (excluding diaryl/α,β-unsaturated/α-hetero) is 1. The third-order valence-corrected chi connectivity index (χ3v) is 5.73. The maximum absolute atomic E-state index is 12.6. The highest BCUT2D eigenvalue weighted by Crippen LogP contribution is 2.40. The third kappa shape index (κ3) is 3.84. The minimum atomic E-state index is -1.50. The molecule has 0 spiro atoms. The topological polar surface area (TPSA) is 83.7 Å². The summed E-state index contributed by atoms with van der Waals surface area (Å²) in [4.78, 5) is 24.3. The fraction of sp³-hybridized carbons (Fsp3) is 0.316. The molecule has 0 radical (unpaired) electrons. The molecule has 0 amide bonds. The normalized spacial score (nSPS) is 16.9. The average Bonchev–Trinajstić information content (AvgIpc) is 3.03. The van der Waals surface area contributed by atoms with Crippen molar-refractivity contribution in [1.29, 1.82) is 0 Å². The van der Waals surface area contributed by atoms with E-state index >= 15 is 0 Å². The van der Waals surface area contributed by atoms with Gasteiger partial charge in [-0.3, -0.25) is 4.79 Å². The summed E-state index contributed by atoms with van der Waals surface area (Å²) in [6, 6.07) is 10.6. The molecule has 0 bridgehead atoms. The van der Waals surface area contributed by atoms with Crippen molar-refractivity contribution < 1.29 is 15.1 Å². The number of nitrogens with zero attached hydrogens (tertiary/aromatic N) is 2. The number of rotatable bonds is 0. The summed E-state index contributed by atoms with van der Waals surface area (Å²) in [5.74, 6) is 0.265. The van der Waals surface area contributed by atoms with Crippen LogP contribution in [0, 0.1) is 10.1 Å².